The predicted octanol–water partition coefficient (Wildman–Crippen LogP) is 20.7. The van der Waals surface area contributed by atoms with Crippen LogP contribution in [-0.2, 0) is 10.8 Å². The van der Waals surface area contributed by atoms with E-state index in [9.17, 15) is 0 Å². The zero-order valence-electron chi connectivity index (χ0n) is 46.6. The predicted molar refractivity (Wildman–Crippen MR) is 351 cm³/mol. The van der Waals surface area contributed by atoms with Gasteiger partial charge in [0.2, 0.25) is 0 Å². The highest BCUT2D eigenvalue weighted by Gasteiger charge is 2.53. The van der Waals surface area contributed by atoms with Gasteiger partial charge in [0, 0.05) is 36.6 Å². The largest absolute Gasteiger partial charge is 0.344 e. The van der Waals surface area contributed by atoms with Gasteiger partial charge in [-0.2, -0.15) is 0 Å². The van der Waals surface area contributed by atoms with E-state index < -0.39 is 10.8 Å². The minimum atomic E-state index is -0.539. The molecule has 2 aliphatic heterocycles. The van der Waals surface area contributed by atoms with E-state index in [4.69, 9.17) is 0 Å². The molecule has 2 aliphatic carbocycles. The van der Waals surface area contributed by atoms with Crippen LogP contribution in [0.4, 0.5) is 22.7 Å². The first-order valence-electron chi connectivity index (χ1n) is 29.4. The van der Waals surface area contributed by atoms with Crippen LogP contribution in [-0.4, -0.2) is 14.1 Å². The van der Waals surface area contributed by atoms with Gasteiger partial charge in [-0.25, -0.2) is 0 Å². The molecule has 2 nitrogen and oxygen atoms in total. The molecule has 2 heteroatoms. The number of nitrogens with zero attached hydrogens (tertiary/aromatic N) is 2. The van der Waals surface area contributed by atoms with Gasteiger partial charge in [-0.15, -0.1) is 0 Å². The van der Waals surface area contributed by atoms with E-state index in [2.05, 4.69) is 315 Å². The molecule has 2 heterocycles. The number of fused-ring (bicyclic) bond motifs is 21. The normalized spacial score (nSPS) is 14.2. The number of anilines is 4. The first kappa shape index (κ1) is 47.1. The minimum Gasteiger partial charge on any atom is -0.344 e. The van der Waals surface area contributed by atoms with Gasteiger partial charge in [-0.3, -0.25) is 0 Å². The Bertz CT molecular complexity index is 4790. The van der Waals surface area contributed by atoms with E-state index in [0.29, 0.717) is 0 Å². The molecular formula is C82H54N2. The van der Waals surface area contributed by atoms with Gasteiger partial charge in [0.15, 0.2) is 0 Å². The van der Waals surface area contributed by atoms with Crippen LogP contribution in [0.25, 0.3) is 99.1 Å². The third kappa shape index (κ3) is 6.03. The molecule has 392 valence electrons. The molecule has 0 fully saturated rings. The van der Waals surface area contributed by atoms with Crippen molar-refractivity contribution in [3.8, 4) is 66.8 Å². The maximum absolute atomic E-state index is 2.56. The Morgan fingerprint density at radius 2 is 0.583 bits per heavy atom. The molecule has 0 amide bonds. The van der Waals surface area contributed by atoms with Crippen LogP contribution in [0, 0.1) is 0 Å². The lowest BCUT2D eigenvalue weighted by Gasteiger charge is -2.44. The topological polar surface area (TPSA) is 6.48 Å². The molecule has 18 rings (SSSR count). The molecular weight excluding hydrogens is 1010 g/mol. The van der Waals surface area contributed by atoms with Crippen molar-refractivity contribution in [2.45, 2.75) is 10.8 Å². The average Bonchev–Trinajstić information content (AvgIpc) is 1.54. The van der Waals surface area contributed by atoms with Crippen molar-refractivity contribution >= 4 is 55.1 Å². The van der Waals surface area contributed by atoms with E-state index >= 15 is 0 Å². The Morgan fingerprint density at radius 3 is 1.07 bits per heavy atom. The quantitative estimate of drug-likeness (QED) is 0.162. The summed E-state index contributed by atoms with van der Waals surface area (Å²) < 4.78 is 0. The van der Waals surface area contributed by atoms with E-state index in [1.807, 2.05) is 0 Å². The molecule has 14 aromatic carbocycles. The fourth-order valence-electron chi connectivity index (χ4n) is 16.4. The molecule has 0 unspecified atom stereocenters. The van der Waals surface area contributed by atoms with Crippen molar-refractivity contribution in [1.82, 2.24) is 0 Å². The number of rotatable bonds is 4. The lowest BCUT2D eigenvalue weighted by atomic mass is 9.64. The minimum absolute atomic E-state index is 0.539. The lowest BCUT2D eigenvalue weighted by molar-refractivity contribution is 0.749. The van der Waals surface area contributed by atoms with E-state index in [-0.39, 0.29) is 0 Å². The van der Waals surface area contributed by atoms with Crippen LogP contribution in [0.2, 0.25) is 0 Å². The third-order valence-electron chi connectivity index (χ3n) is 19.7. The van der Waals surface area contributed by atoms with Crippen LogP contribution >= 0.6 is 0 Å². The van der Waals surface area contributed by atoms with Crippen LogP contribution in [0.1, 0.15) is 44.5 Å². The summed E-state index contributed by atoms with van der Waals surface area (Å²) in [6.45, 7) is 0. The van der Waals surface area contributed by atoms with Gasteiger partial charge in [-0.1, -0.05) is 261 Å². The Labute approximate surface area is 489 Å². The highest BCUT2D eigenvalue weighted by atomic mass is 15.1. The zero-order valence-corrected chi connectivity index (χ0v) is 46.6. The van der Waals surface area contributed by atoms with Crippen molar-refractivity contribution in [3.05, 3.63) is 336 Å². The second-order valence-corrected chi connectivity index (χ2v) is 23.4. The van der Waals surface area contributed by atoms with E-state index in [1.54, 1.807) is 0 Å². The Kier molecular flexibility index (Phi) is 9.81. The summed E-state index contributed by atoms with van der Waals surface area (Å²) >= 11 is 0. The zero-order chi connectivity index (χ0) is 55.4. The molecule has 0 saturated carbocycles. The van der Waals surface area contributed by atoms with Gasteiger partial charge >= 0.3 is 0 Å². The molecule has 0 N–H and O–H groups in total. The smallest absolute Gasteiger partial charge is 0.0754 e. The average molecular weight is 1070 g/mol. The van der Waals surface area contributed by atoms with Gasteiger partial charge in [-0.05, 0) is 163 Å². The maximum atomic E-state index is 2.56. The summed E-state index contributed by atoms with van der Waals surface area (Å²) in [6.07, 6.45) is 0. The van der Waals surface area contributed by atoms with Crippen LogP contribution in [0.5, 0.6) is 0 Å². The van der Waals surface area contributed by atoms with Crippen LogP contribution < -0.4 is 9.80 Å². The number of hydrogen-bond acceptors (Lipinski definition) is 2. The SMILES string of the molecule is CN1c2ccccc2C2(c3ccccc3-c3ccccc32)c2cccc(-c3cccc4c(-c5cc(-c6ccccc6)cc6ccccc56)c5cccc(-c6cccc7c6N(C)c6ccccc6C76c7ccccc7-c7ccccc76)c5cc34)c21. The van der Waals surface area contributed by atoms with Gasteiger partial charge < -0.3 is 9.80 Å². The van der Waals surface area contributed by atoms with Gasteiger partial charge in [0.25, 0.3) is 0 Å². The number of benzene rings is 14. The van der Waals surface area contributed by atoms with Crippen molar-refractivity contribution in [1.29, 1.82) is 0 Å². The summed E-state index contributed by atoms with van der Waals surface area (Å²) in [6, 6.07) is 111. The summed E-state index contributed by atoms with van der Waals surface area (Å²) in [5, 5.41) is 7.30. The fraction of sp³-hybridized carbons (Fsp3) is 0.0488. The summed E-state index contributed by atoms with van der Waals surface area (Å²) in [4.78, 5) is 4.97. The van der Waals surface area contributed by atoms with E-state index in [0.717, 1.165) is 0 Å². The Morgan fingerprint density at radius 1 is 0.226 bits per heavy atom. The molecule has 4 aliphatic rings. The number of hydrogen-bond donors (Lipinski definition) is 0. The molecule has 84 heavy (non-hydrogen) atoms. The number of para-hydroxylation sites is 4. The first-order valence-corrected chi connectivity index (χ1v) is 29.4. The van der Waals surface area contributed by atoms with Gasteiger partial charge in [0.1, 0.15) is 0 Å². The second-order valence-electron chi connectivity index (χ2n) is 23.4. The molecule has 2 spiro atoms. The maximum Gasteiger partial charge on any atom is 0.0754 e. The summed E-state index contributed by atoms with van der Waals surface area (Å²) in [5.41, 5.74) is 29.2. The van der Waals surface area contributed by atoms with Crippen molar-refractivity contribution in [2.24, 2.45) is 0 Å². The van der Waals surface area contributed by atoms with Crippen molar-refractivity contribution in [3.63, 3.8) is 0 Å². The first-order chi connectivity index (χ1) is 41.5. The highest BCUT2D eigenvalue weighted by Crippen LogP contribution is 2.66. The monoisotopic (exact) mass is 1070 g/mol. The molecule has 0 atom stereocenters. The van der Waals surface area contributed by atoms with Crippen molar-refractivity contribution in [2.75, 3.05) is 23.9 Å². The molecule has 0 radical (unpaired) electrons. The summed E-state index contributed by atoms with van der Waals surface area (Å²) in [5.74, 6) is 0. The van der Waals surface area contributed by atoms with E-state index in [1.165, 1.54) is 166 Å². The Balaban J connectivity index is 0.967. The second kappa shape index (κ2) is 17.5. The Hall–Kier alpha value is -10.5. The molecule has 0 aromatic heterocycles. The molecule has 0 saturated heterocycles. The fourth-order valence-corrected chi connectivity index (χ4v) is 16.4. The molecule has 14 aromatic rings. The standard InChI is InChI=1S/C82H54N2/c1-83-76-46-18-16-42-72(76)81(68-38-12-8-28-57(68)58-29-9-13-39-69(58)81)74-44-22-36-63(79(74)83)55-32-20-34-61-65(55)50-66-56(33-21-35-62(66)78(61)67-49-53(51-24-4-3-5-25-51)48-52-26-6-7-27-54(52)67)64-37-23-45-75-80(64)84(2)77-47-19-17-43-73(77)82(75)70-40-14-10-30-59(70)60-31-11-15-41-71(60)82/h3-50H,1-2H3. The van der Waals surface area contributed by atoms with Crippen LogP contribution in [0.15, 0.2) is 291 Å². The van der Waals surface area contributed by atoms with Crippen LogP contribution in [0.3, 0.4) is 0 Å². The lowest BCUT2D eigenvalue weighted by Crippen LogP contribution is -2.36. The summed E-state index contributed by atoms with van der Waals surface area (Å²) in [7, 11) is 4.57. The third-order valence-corrected chi connectivity index (χ3v) is 19.7. The molecule has 0 bridgehead atoms. The van der Waals surface area contributed by atoms with Gasteiger partial charge in [0.05, 0.1) is 22.2 Å². The highest BCUT2D eigenvalue weighted by molar-refractivity contribution is 6.23. The van der Waals surface area contributed by atoms with Crippen molar-refractivity contribution < 1.29 is 0 Å².